The van der Waals surface area contributed by atoms with Gasteiger partial charge in [0.1, 0.15) is 11.6 Å². The molecule has 6 heteroatoms. The number of ether oxygens (including phenoxy) is 1. The molecule has 0 aromatic heterocycles. The highest BCUT2D eigenvalue weighted by atomic mass is 32.2. The van der Waals surface area contributed by atoms with Gasteiger partial charge in [-0.15, -0.1) is 11.8 Å². The number of carbonyl (C=O) groups excluding carboxylic acids is 1. The quantitative estimate of drug-likeness (QED) is 0.858. The maximum Gasteiger partial charge on any atom is 0.411 e. The average Bonchev–Trinajstić information content (AvgIpc) is 2.90. The van der Waals surface area contributed by atoms with Gasteiger partial charge in [-0.05, 0) is 50.8 Å². The molecule has 0 bridgehead atoms. The van der Waals surface area contributed by atoms with E-state index < -0.39 is 23.7 Å². The van der Waals surface area contributed by atoms with Crippen molar-refractivity contribution in [2.75, 3.05) is 6.54 Å². The Bertz CT molecular complexity index is 621. The molecule has 1 saturated heterocycles. The zero-order valence-electron chi connectivity index (χ0n) is 15.5. The molecule has 0 spiro atoms. The summed E-state index contributed by atoms with van der Waals surface area (Å²) in [5.74, 6) is -0.506. The number of amides is 1. The van der Waals surface area contributed by atoms with E-state index >= 15 is 0 Å². The highest BCUT2D eigenvalue weighted by molar-refractivity contribution is 8.00. The van der Waals surface area contributed by atoms with E-state index in [2.05, 4.69) is 38.1 Å². The molecule has 1 fully saturated rings. The van der Waals surface area contributed by atoms with E-state index in [-0.39, 0.29) is 5.25 Å². The second-order valence-corrected chi connectivity index (χ2v) is 9.06. The van der Waals surface area contributed by atoms with E-state index in [4.69, 9.17) is 4.74 Å². The van der Waals surface area contributed by atoms with Crippen LogP contribution in [0.15, 0.2) is 29.2 Å². The third-order valence-electron chi connectivity index (χ3n) is 4.03. The molecule has 1 heterocycles. The maximum absolute atomic E-state index is 12.3. The van der Waals surface area contributed by atoms with E-state index in [1.54, 1.807) is 32.5 Å². The van der Waals surface area contributed by atoms with Gasteiger partial charge in [0.25, 0.3) is 0 Å². The number of thioether (sulfide) groups is 1. The Balaban J connectivity index is 2.06. The Hall–Kier alpha value is -1.69. The first-order valence-electron chi connectivity index (χ1n) is 8.56. The van der Waals surface area contributed by atoms with Gasteiger partial charge in [-0.3, -0.25) is 4.90 Å². The number of carbonyl (C=O) groups is 2. The summed E-state index contributed by atoms with van der Waals surface area (Å²) in [6, 6.07) is 7.49. The number of benzene rings is 1. The van der Waals surface area contributed by atoms with Crippen molar-refractivity contribution in [3.05, 3.63) is 29.8 Å². The fourth-order valence-electron chi connectivity index (χ4n) is 2.76. The Labute approximate surface area is 153 Å². The van der Waals surface area contributed by atoms with Crippen molar-refractivity contribution in [2.45, 2.75) is 68.7 Å². The summed E-state index contributed by atoms with van der Waals surface area (Å²) in [7, 11) is 0. The number of rotatable bonds is 4. The van der Waals surface area contributed by atoms with Crippen molar-refractivity contribution in [2.24, 2.45) is 0 Å². The average molecular weight is 365 g/mol. The molecule has 0 unspecified atom stereocenters. The summed E-state index contributed by atoms with van der Waals surface area (Å²) in [4.78, 5) is 26.3. The van der Waals surface area contributed by atoms with Crippen LogP contribution in [0.5, 0.6) is 0 Å². The number of nitrogens with zero attached hydrogens (tertiary/aromatic N) is 1. The van der Waals surface area contributed by atoms with Crippen molar-refractivity contribution in [1.29, 1.82) is 0 Å². The van der Waals surface area contributed by atoms with Crippen molar-refractivity contribution < 1.29 is 19.4 Å². The van der Waals surface area contributed by atoms with Crippen molar-refractivity contribution in [3.8, 4) is 0 Å². The fourth-order valence-corrected chi connectivity index (χ4v) is 3.95. The standard InChI is InChI=1S/C19H27NO4S/c1-12(2)13-6-8-14(9-7-13)25-15-10-16(17(21)22)20(11-15)18(23)24-19(3,4)5/h6-9,12,15-16H,10-11H2,1-5H3,(H,21,22)/t15-,16-/m0/s1. The van der Waals surface area contributed by atoms with E-state index in [1.807, 2.05) is 0 Å². The first kappa shape index (κ1) is 19.6. The predicted octanol–water partition coefficient (Wildman–Crippen LogP) is 4.36. The maximum atomic E-state index is 12.3. The molecular formula is C19H27NO4S. The molecule has 25 heavy (non-hydrogen) atoms. The Morgan fingerprint density at radius 3 is 2.32 bits per heavy atom. The fraction of sp³-hybridized carbons (Fsp3) is 0.579. The molecule has 1 aliphatic heterocycles. The van der Waals surface area contributed by atoms with Gasteiger partial charge in [-0.25, -0.2) is 9.59 Å². The molecule has 0 radical (unpaired) electrons. The Kier molecular flexibility index (Phi) is 6.03. The minimum Gasteiger partial charge on any atom is -0.480 e. The molecule has 0 saturated carbocycles. The zero-order valence-corrected chi connectivity index (χ0v) is 16.3. The lowest BCUT2D eigenvalue weighted by Gasteiger charge is -2.26. The van der Waals surface area contributed by atoms with Crippen LogP contribution in [0.3, 0.4) is 0 Å². The van der Waals surface area contributed by atoms with Crippen LogP contribution in [0.2, 0.25) is 0 Å². The van der Waals surface area contributed by atoms with Crippen LogP contribution >= 0.6 is 11.8 Å². The summed E-state index contributed by atoms with van der Waals surface area (Å²) in [6.07, 6.45) is -0.135. The number of aliphatic carboxylic acids is 1. The number of hydrogen-bond donors (Lipinski definition) is 1. The van der Waals surface area contributed by atoms with E-state index in [0.717, 1.165) is 4.90 Å². The van der Waals surface area contributed by atoms with E-state index in [1.165, 1.54) is 10.5 Å². The van der Waals surface area contributed by atoms with Gasteiger partial charge in [-0.1, -0.05) is 26.0 Å². The van der Waals surface area contributed by atoms with Gasteiger partial charge < -0.3 is 9.84 Å². The molecule has 1 N–H and O–H groups in total. The third-order valence-corrected chi connectivity index (χ3v) is 5.24. The lowest BCUT2D eigenvalue weighted by Crippen LogP contribution is -2.43. The molecular weight excluding hydrogens is 338 g/mol. The number of likely N-dealkylation sites (tertiary alicyclic amines) is 1. The number of carboxylic acid groups (broad SMARTS) is 1. The highest BCUT2D eigenvalue weighted by Crippen LogP contribution is 2.34. The summed E-state index contributed by atoms with van der Waals surface area (Å²) in [6.45, 7) is 10.0. The Morgan fingerprint density at radius 1 is 1.24 bits per heavy atom. The smallest absolute Gasteiger partial charge is 0.411 e. The topological polar surface area (TPSA) is 66.8 Å². The van der Waals surface area contributed by atoms with E-state index in [0.29, 0.717) is 18.9 Å². The minimum atomic E-state index is -0.982. The molecule has 1 aromatic rings. The van der Waals surface area contributed by atoms with Gasteiger partial charge in [0.05, 0.1) is 0 Å². The molecule has 1 amide bonds. The normalized spacial score (nSPS) is 20.8. The SMILES string of the molecule is CC(C)c1ccc(S[C@H]2C[C@@H](C(=O)O)N(C(=O)OC(C)(C)C)C2)cc1. The molecule has 2 atom stereocenters. The van der Waals surface area contributed by atoms with Gasteiger partial charge in [0.15, 0.2) is 0 Å². The predicted molar refractivity (Wildman–Crippen MR) is 99.2 cm³/mol. The first-order chi connectivity index (χ1) is 11.6. The first-order valence-corrected chi connectivity index (χ1v) is 9.44. The number of hydrogen-bond acceptors (Lipinski definition) is 4. The molecule has 5 nitrogen and oxygen atoms in total. The Morgan fingerprint density at radius 2 is 1.84 bits per heavy atom. The van der Waals surface area contributed by atoms with Gasteiger partial charge in [0.2, 0.25) is 0 Å². The zero-order chi connectivity index (χ0) is 18.8. The number of carboxylic acids is 1. The van der Waals surface area contributed by atoms with Crippen molar-refractivity contribution >= 4 is 23.8 Å². The van der Waals surface area contributed by atoms with E-state index in [9.17, 15) is 14.7 Å². The van der Waals surface area contributed by atoms with Crippen LogP contribution in [0.1, 0.15) is 52.5 Å². The lowest BCUT2D eigenvalue weighted by atomic mass is 10.0. The molecule has 0 aliphatic carbocycles. The lowest BCUT2D eigenvalue weighted by molar-refractivity contribution is -0.142. The summed E-state index contributed by atoms with van der Waals surface area (Å²) >= 11 is 1.62. The van der Waals surface area contributed by atoms with Gasteiger partial charge >= 0.3 is 12.1 Å². The van der Waals surface area contributed by atoms with Gasteiger partial charge in [0, 0.05) is 16.7 Å². The second-order valence-electron chi connectivity index (χ2n) is 7.69. The van der Waals surface area contributed by atoms with Crippen LogP contribution in [0.25, 0.3) is 0 Å². The molecule has 1 aliphatic rings. The van der Waals surface area contributed by atoms with Crippen molar-refractivity contribution in [1.82, 2.24) is 4.90 Å². The summed E-state index contributed by atoms with van der Waals surface area (Å²) in [5.41, 5.74) is 0.632. The second kappa shape index (κ2) is 7.68. The van der Waals surface area contributed by atoms with Crippen molar-refractivity contribution in [3.63, 3.8) is 0 Å². The van der Waals surface area contributed by atoms with Crippen LogP contribution in [-0.4, -0.2) is 45.5 Å². The third kappa shape index (κ3) is 5.39. The minimum absolute atomic E-state index is 0.0403. The molecule has 138 valence electrons. The molecule has 1 aromatic carbocycles. The van der Waals surface area contributed by atoms with Crippen LogP contribution in [0, 0.1) is 0 Å². The van der Waals surface area contributed by atoms with Crippen LogP contribution in [-0.2, 0) is 9.53 Å². The van der Waals surface area contributed by atoms with Crippen LogP contribution < -0.4 is 0 Å². The van der Waals surface area contributed by atoms with Gasteiger partial charge in [-0.2, -0.15) is 0 Å². The monoisotopic (exact) mass is 365 g/mol. The highest BCUT2D eigenvalue weighted by Gasteiger charge is 2.41. The van der Waals surface area contributed by atoms with Crippen LogP contribution in [0.4, 0.5) is 4.79 Å². The largest absolute Gasteiger partial charge is 0.480 e. The molecule has 2 rings (SSSR count). The summed E-state index contributed by atoms with van der Waals surface area (Å²) in [5, 5.41) is 9.49. The summed E-state index contributed by atoms with van der Waals surface area (Å²) < 4.78 is 5.36.